The molecule has 1 aliphatic rings. The van der Waals surface area contributed by atoms with Crippen molar-refractivity contribution in [3.8, 4) is 17.0 Å². The molecule has 34 heavy (non-hydrogen) atoms. The van der Waals surface area contributed by atoms with Crippen LogP contribution in [0.1, 0.15) is 50.0 Å². The van der Waals surface area contributed by atoms with Gasteiger partial charge in [-0.3, -0.25) is 9.20 Å². The minimum Gasteiger partial charge on any atom is -0.479 e. The summed E-state index contributed by atoms with van der Waals surface area (Å²) in [4.78, 5) is 20.8. The average molecular weight is 466 g/mol. The van der Waals surface area contributed by atoms with E-state index in [4.69, 9.17) is 4.74 Å². The summed E-state index contributed by atoms with van der Waals surface area (Å²) in [6, 6.07) is 3.53. The van der Waals surface area contributed by atoms with Crippen molar-refractivity contribution in [2.75, 3.05) is 19.5 Å². The maximum atomic E-state index is 14.9. The number of hydrogen-bond donors (Lipinski definition) is 2. The van der Waals surface area contributed by atoms with Crippen LogP contribution in [-0.4, -0.2) is 50.1 Å². The number of aromatic nitrogens is 5. The van der Waals surface area contributed by atoms with Crippen molar-refractivity contribution in [1.82, 2.24) is 29.3 Å². The summed E-state index contributed by atoms with van der Waals surface area (Å²) in [6.45, 7) is 4.61. The van der Waals surface area contributed by atoms with E-state index in [-0.39, 0.29) is 17.2 Å². The first kappa shape index (κ1) is 22.1. The second-order valence-electron chi connectivity index (χ2n) is 9.54. The lowest BCUT2D eigenvalue weighted by Crippen LogP contribution is -2.30. The summed E-state index contributed by atoms with van der Waals surface area (Å²) in [5, 5.41) is 10.6. The number of rotatable bonds is 5. The number of ether oxygens (including phenoxy) is 1. The number of pyridine rings is 1. The SMILES string of the molecule is CNC(=O)c1cnc2c(F)cc(-c3ccn4nc(NC5CCC(C)(C)CC5)nc(OC)c34)cn12. The minimum atomic E-state index is -0.537. The number of carbonyl (C=O) groups is 1. The highest BCUT2D eigenvalue weighted by atomic mass is 19.1. The Labute approximate surface area is 196 Å². The molecule has 2 N–H and O–H groups in total. The summed E-state index contributed by atoms with van der Waals surface area (Å²) in [5.41, 5.74) is 2.54. The molecule has 4 aromatic heterocycles. The topological polar surface area (TPSA) is 97.9 Å². The van der Waals surface area contributed by atoms with Gasteiger partial charge in [-0.1, -0.05) is 13.8 Å². The first-order valence-electron chi connectivity index (χ1n) is 11.4. The van der Waals surface area contributed by atoms with Crippen molar-refractivity contribution in [3.63, 3.8) is 0 Å². The molecule has 4 heterocycles. The van der Waals surface area contributed by atoms with E-state index in [9.17, 15) is 9.18 Å². The molecule has 1 aliphatic carbocycles. The lowest BCUT2D eigenvalue weighted by molar-refractivity contribution is 0.0957. The minimum absolute atomic E-state index is 0.0798. The van der Waals surface area contributed by atoms with E-state index < -0.39 is 5.82 Å². The Morgan fingerprint density at radius 1 is 1.29 bits per heavy atom. The average Bonchev–Trinajstić information content (AvgIpc) is 3.44. The summed E-state index contributed by atoms with van der Waals surface area (Å²) < 4.78 is 23.6. The normalized spacial score (nSPS) is 16.1. The first-order chi connectivity index (χ1) is 16.3. The van der Waals surface area contributed by atoms with Gasteiger partial charge in [0.1, 0.15) is 11.2 Å². The van der Waals surface area contributed by atoms with Crippen LogP contribution in [-0.2, 0) is 0 Å². The van der Waals surface area contributed by atoms with Gasteiger partial charge in [-0.05, 0) is 43.2 Å². The number of nitrogens with zero attached hydrogens (tertiary/aromatic N) is 5. The van der Waals surface area contributed by atoms with Gasteiger partial charge in [-0.15, -0.1) is 5.10 Å². The standard InChI is InChI=1S/C24H28FN7O2/c1-24(2)8-5-15(6-9-24)28-23-29-22(34-4)19-16(7-10-32(19)30-23)14-11-17(25)20-27-12-18(21(33)26-3)31(20)13-14/h7,10-13,15H,5-6,8-9H2,1-4H3,(H,26,33)(H,28,30). The Balaban J connectivity index is 1.54. The molecule has 9 nitrogen and oxygen atoms in total. The first-order valence-corrected chi connectivity index (χ1v) is 11.4. The highest BCUT2D eigenvalue weighted by molar-refractivity contribution is 5.93. The third-order valence-electron chi connectivity index (χ3n) is 6.68. The number of halogens is 1. The molecule has 10 heteroatoms. The van der Waals surface area contributed by atoms with Crippen molar-refractivity contribution in [1.29, 1.82) is 0 Å². The summed E-state index contributed by atoms with van der Waals surface area (Å²) in [6.07, 6.45) is 9.25. The summed E-state index contributed by atoms with van der Waals surface area (Å²) in [7, 11) is 3.07. The third-order valence-corrected chi connectivity index (χ3v) is 6.68. The monoisotopic (exact) mass is 465 g/mol. The molecule has 1 amide bonds. The van der Waals surface area contributed by atoms with E-state index in [1.165, 1.54) is 23.7 Å². The lowest BCUT2D eigenvalue weighted by atomic mass is 9.76. The van der Waals surface area contributed by atoms with Crippen molar-refractivity contribution < 1.29 is 13.9 Å². The second-order valence-corrected chi connectivity index (χ2v) is 9.54. The van der Waals surface area contributed by atoms with Crippen LogP contribution in [0.3, 0.4) is 0 Å². The van der Waals surface area contributed by atoms with Gasteiger partial charge in [0.25, 0.3) is 5.91 Å². The maximum Gasteiger partial charge on any atom is 0.269 e. The van der Waals surface area contributed by atoms with Crippen LogP contribution in [0.5, 0.6) is 5.88 Å². The van der Waals surface area contributed by atoms with E-state index in [2.05, 4.69) is 39.5 Å². The van der Waals surface area contributed by atoms with Gasteiger partial charge in [-0.2, -0.15) is 4.98 Å². The van der Waals surface area contributed by atoms with E-state index in [1.54, 1.807) is 24.0 Å². The lowest BCUT2D eigenvalue weighted by Gasteiger charge is -2.34. The molecule has 0 saturated heterocycles. The van der Waals surface area contributed by atoms with Crippen LogP contribution in [0.2, 0.25) is 0 Å². The van der Waals surface area contributed by atoms with Gasteiger partial charge in [0, 0.05) is 36.6 Å². The van der Waals surface area contributed by atoms with Crippen LogP contribution in [0.4, 0.5) is 10.3 Å². The smallest absolute Gasteiger partial charge is 0.269 e. The molecule has 1 saturated carbocycles. The van der Waals surface area contributed by atoms with Gasteiger partial charge >= 0.3 is 0 Å². The summed E-state index contributed by atoms with van der Waals surface area (Å²) >= 11 is 0. The van der Waals surface area contributed by atoms with E-state index >= 15 is 0 Å². The zero-order chi connectivity index (χ0) is 24.0. The molecule has 0 radical (unpaired) electrons. The fourth-order valence-corrected chi connectivity index (χ4v) is 4.64. The van der Waals surface area contributed by atoms with Crippen molar-refractivity contribution in [3.05, 3.63) is 42.2 Å². The van der Waals surface area contributed by atoms with Gasteiger partial charge in [-0.25, -0.2) is 13.9 Å². The predicted octanol–water partition coefficient (Wildman–Crippen LogP) is 3.93. The van der Waals surface area contributed by atoms with Crippen molar-refractivity contribution in [2.24, 2.45) is 5.41 Å². The van der Waals surface area contributed by atoms with Crippen LogP contribution in [0.15, 0.2) is 30.7 Å². The van der Waals surface area contributed by atoms with Gasteiger partial charge in [0.05, 0.1) is 13.3 Å². The van der Waals surface area contributed by atoms with Gasteiger partial charge in [0.15, 0.2) is 11.5 Å². The zero-order valence-electron chi connectivity index (χ0n) is 19.7. The molecule has 4 aromatic rings. The molecule has 0 atom stereocenters. The molecule has 1 fully saturated rings. The Morgan fingerprint density at radius 2 is 2.06 bits per heavy atom. The maximum absolute atomic E-state index is 14.9. The number of nitrogens with one attached hydrogen (secondary N) is 2. The van der Waals surface area contributed by atoms with Crippen LogP contribution < -0.4 is 15.4 Å². The second kappa shape index (κ2) is 8.27. The van der Waals surface area contributed by atoms with Gasteiger partial charge < -0.3 is 15.4 Å². The molecular formula is C24H28FN7O2. The molecule has 0 aromatic carbocycles. The van der Waals surface area contributed by atoms with E-state index in [0.29, 0.717) is 39.9 Å². The molecule has 0 bridgehead atoms. The van der Waals surface area contributed by atoms with Gasteiger partial charge in [0.2, 0.25) is 11.8 Å². The molecule has 178 valence electrons. The predicted molar refractivity (Wildman–Crippen MR) is 127 cm³/mol. The van der Waals surface area contributed by atoms with E-state index in [0.717, 1.165) is 25.7 Å². The number of amides is 1. The Kier molecular flexibility index (Phi) is 5.38. The van der Waals surface area contributed by atoms with Crippen LogP contribution in [0.25, 0.3) is 22.3 Å². The van der Waals surface area contributed by atoms with E-state index in [1.807, 2.05) is 6.07 Å². The molecule has 0 unspecified atom stereocenters. The molecular weight excluding hydrogens is 437 g/mol. The number of methoxy groups -OCH3 is 1. The summed E-state index contributed by atoms with van der Waals surface area (Å²) in [5.74, 6) is -0.0143. The molecule has 0 spiro atoms. The Hall–Kier alpha value is -3.69. The van der Waals surface area contributed by atoms with Crippen LogP contribution in [0, 0.1) is 11.2 Å². The quantitative estimate of drug-likeness (QED) is 0.464. The Bertz CT molecular complexity index is 1380. The number of anilines is 1. The highest BCUT2D eigenvalue weighted by Gasteiger charge is 2.27. The highest BCUT2D eigenvalue weighted by Crippen LogP contribution is 2.37. The Morgan fingerprint density at radius 3 is 2.76 bits per heavy atom. The number of hydrogen-bond acceptors (Lipinski definition) is 6. The number of imidazole rings is 1. The fourth-order valence-electron chi connectivity index (χ4n) is 4.64. The van der Waals surface area contributed by atoms with Crippen molar-refractivity contribution >= 4 is 23.0 Å². The third kappa shape index (κ3) is 3.82. The largest absolute Gasteiger partial charge is 0.479 e. The molecule has 5 rings (SSSR count). The number of carbonyl (C=O) groups excluding carboxylic acids is 1. The fraction of sp³-hybridized carbons (Fsp3) is 0.417. The molecule has 0 aliphatic heterocycles. The number of fused-ring (bicyclic) bond motifs is 2. The van der Waals surface area contributed by atoms with Crippen molar-refractivity contribution in [2.45, 2.75) is 45.6 Å². The zero-order valence-corrected chi connectivity index (χ0v) is 19.7. The van der Waals surface area contributed by atoms with Crippen LogP contribution >= 0.6 is 0 Å².